The predicted molar refractivity (Wildman–Crippen MR) is 64.7 cm³/mol. The first-order chi connectivity index (χ1) is 7.22. The first-order valence-electron chi connectivity index (χ1n) is 6.34. The van der Waals surface area contributed by atoms with Gasteiger partial charge in [-0.1, -0.05) is 19.9 Å². The highest BCUT2D eigenvalue weighted by atomic mass is 15.2. The average Bonchev–Trinajstić information content (AvgIpc) is 2.84. The standard InChI is InChI=1S/C13H24N2/c1-4-12-9-14(3)10-13(12)11(2)15-7-5-6-8-15/h12-13H,2,4-10H2,1,3H3/t12?,13-/m1/s1. The van der Waals surface area contributed by atoms with E-state index in [-0.39, 0.29) is 0 Å². The Balaban J connectivity index is 1.99. The zero-order valence-corrected chi connectivity index (χ0v) is 10.2. The second kappa shape index (κ2) is 4.56. The molecular formula is C13H24N2. The van der Waals surface area contributed by atoms with Gasteiger partial charge in [0.05, 0.1) is 0 Å². The van der Waals surface area contributed by atoms with Crippen molar-refractivity contribution in [3.63, 3.8) is 0 Å². The molecule has 0 radical (unpaired) electrons. The van der Waals surface area contributed by atoms with Crippen molar-refractivity contribution in [2.45, 2.75) is 26.2 Å². The predicted octanol–water partition coefficient (Wildman–Crippen LogP) is 2.18. The number of hydrogen-bond acceptors (Lipinski definition) is 2. The van der Waals surface area contributed by atoms with Crippen LogP contribution in [-0.4, -0.2) is 43.0 Å². The van der Waals surface area contributed by atoms with E-state index in [4.69, 9.17) is 0 Å². The van der Waals surface area contributed by atoms with Crippen LogP contribution in [0, 0.1) is 11.8 Å². The van der Waals surface area contributed by atoms with Gasteiger partial charge >= 0.3 is 0 Å². The zero-order chi connectivity index (χ0) is 10.8. The fourth-order valence-corrected chi connectivity index (χ4v) is 3.12. The Labute approximate surface area is 93.9 Å². The van der Waals surface area contributed by atoms with Gasteiger partial charge in [0.1, 0.15) is 0 Å². The lowest BCUT2D eigenvalue weighted by molar-refractivity contribution is 0.326. The summed E-state index contributed by atoms with van der Waals surface area (Å²) in [5.74, 6) is 1.56. The van der Waals surface area contributed by atoms with Crippen LogP contribution in [0.3, 0.4) is 0 Å². The lowest BCUT2D eigenvalue weighted by Crippen LogP contribution is -2.27. The molecule has 2 heteroatoms. The molecule has 2 saturated heterocycles. The molecule has 0 aromatic heterocycles. The Kier molecular flexibility index (Phi) is 3.35. The van der Waals surface area contributed by atoms with E-state index in [1.54, 1.807) is 0 Å². The van der Waals surface area contributed by atoms with Crippen molar-refractivity contribution in [1.82, 2.24) is 9.80 Å². The van der Waals surface area contributed by atoms with E-state index in [0.717, 1.165) is 11.8 Å². The van der Waals surface area contributed by atoms with Gasteiger partial charge in [-0.3, -0.25) is 0 Å². The quantitative estimate of drug-likeness (QED) is 0.701. The Morgan fingerprint density at radius 3 is 2.53 bits per heavy atom. The molecule has 2 fully saturated rings. The van der Waals surface area contributed by atoms with Gasteiger partial charge in [-0.05, 0) is 25.8 Å². The molecule has 0 N–H and O–H groups in total. The van der Waals surface area contributed by atoms with Gasteiger partial charge in [0.2, 0.25) is 0 Å². The van der Waals surface area contributed by atoms with Crippen LogP contribution < -0.4 is 0 Å². The molecular weight excluding hydrogens is 184 g/mol. The number of hydrogen-bond donors (Lipinski definition) is 0. The maximum atomic E-state index is 4.35. The maximum Gasteiger partial charge on any atom is 0.0175 e. The number of rotatable bonds is 3. The highest BCUT2D eigenvalue weighted by molar-refractivity contribution is 5.07. The fraction of sp³-hybridized carbons (Fsp3) is 0.846. The minimum absolute atomic E-state index is 0.720. The first-order valence-corrected chi connectivity index (χ1v) is 6.34. The van der Waals surface area contributed by atoms with E-state index in [2.05, 4.69) is 30.4 Å². The van der Waals surface area contributed by atoms with E-state index in [1.807, 2.05) is 0 Å². The lowest BCUT2D eigenvalue weighted by atomic mass is 9.91. The highest BCUT2D eigenvalue weighted by Gasteiger charge is 2.33. The van der Waals surface area contributed by atoms with E-state index in [1.165, 1.54) is 51.1 Å². The van der Waals surface area contributed by atoms with Crippen LogP contribution in [0.4, 0.5) is 0 Å². The van der Waals surface area contributed by atoms with Crippen molar-refractivity contribution in [1.29, 1.82) is 0 Å². The van der Waals surface area contributed by atoms with Crippen LogP contribution >= 0.6 is 0 Å². The fourth-order valence-electron chi connectivity index (χ4n) is 3.12. The minimum atomic E-state index is 0.720. The summed E-state index contributed by atoms with van der Waals surface area (Å²) in [6.07, 6.45) is 4.01. The molecule has 0 aliphatic carbocycles. The van der Waals surface area contributed by atoms with Gasteiger partial charge in [0.25, 0.3) is 0 Å². The molecule has 0 saturated carbocycles. The Morgan fingerprint density at radius 2 is 1.93 bits per heavy atom. The van der Waals surface area contributed by atoms with Crippen LogP contribution in [0.2, 0.25) is 0 Å². The molecule has 1 unspecified atom stereocenters. The Hall–Kier alpha value is -0.500. The van der Waals surface area contributed by atoms with Gasteiger partial charge in [-0.25, -0.2) is 0 Å². The molecule has 0 bridgehead atoms. The van der Waals surface area contributed by atoms with Crippen LogP contribution in [0.5, 0.6) is 0 Å². The Bertz CT molecular complexity index is 231. The third-order valence-corrected chi connectivity index (χ3v) is 4.09. The van der Waals surface area contributed by atoms with Crippen molar-refractivity contribution in [2.24, 2.45) is 11.8 Å². The normalized spacial score (nSPS) is 32.5. The van der Waals surface area contributed by atoms with E-state index in [9.17, 15) is 0 Å². The molecule has 2 rings (SSSR count). The third-order valence-electron chi connectivity index (χ3n) is 4.09. The molecule has 0 aromatic carbocycles. The highest BCUT2D eigenvalue weighted by Crippen LogP contribution is 2.33. The van der Waals surface area contributed by atoms with Gasteiger partial charge < -0.3 is 9.80 Å². The summed E-state index contributed by atoms with van der Waals surface area (Å²) >= 11 is 0. The molecule has 2 nitrogen and oxygen atoms in total. The van der Waals surface area contributed by atoms with E-state index < -0.39 is 0 Å². The van der Waals surface area contributed by atoms with Crippen molar-refractivity contribution in [2.75, 3.05) is 33.2 Å². The average molecular weight is 208 g/mol. The topological polar surface area (TPSA) is 6.48 Å². The monoisotopic (exact) mass is 208 g/mol. The number of likely N-dealkylation sites (tertiary alicyclic amines) is 2. The summed E-state index contributed by atoms with van der Waals surface area (Å²) in [7, 11) is 2.24. The van der Waals surface area contributed by atoms with Crippen LogP contribution in [-0.2, 0) is 0 Å². The van der Waals surface area contributed by atoms with Gasteiger partial charge in [0, 0.05) is 37.8 Å². The summed E-state index contributed by atoms with van der Waals surface area (Å²) in [6.45, 7) is 11.6. The molecule has 2 aliphatic heterocycles. The third kappa shape index (κ3) is 2.20. The lowest BCUT2D eigenvalue weighted by Gasteiger charge is -2.28. The second-order valence-electron chi connectivity index (χ2n) is 5.18. The summed E-state index contributed by atoms with van der Waals surface area (Å²) in [6, 6.07) is 0. The minimum Gasteiger partial charge on any atom is -0.375 e. The molecule has 0 amide bonds. The first kappa shape index (κ1) is 11.0. The number of nitrogens with zero attached hydrogens (tertiary/aromatic N) is 2. The van der Waals surface area contributed by atoms with E-state index in [0.29, 0.717) is 0 Å². The molecule has 0 aromatic rings. The SMILES string of the molecule is C=C([C@H]1CN(C)CC1CC)N1CCCC1. The van der Waals surface area contributed by atoms with Crippen molar-refractivity contribution < 1.29 is 0 Å². The van der Waals surface area contributed by atoms with Crippen molar-refractivity contribution >= 4 is 0 Å². The van der Waals surface area contributed by atoms with Crippen LogP contribution in [0.25, 0.3) is 0 Å². The zero-order valence-electron chi connectivity index (χ0n) is 10.2. The summed E-state index contributed by atoms with van der Waals surface area (Å²) < 4.78 is 0. The molecule has 86 valence electrons. The molecule has 15 heavy (non-hydrogen) atoms. The van der Waals surface area contributed by atoms with Gasteiger partial charge in [0.15, 0.2) is 0 Å². The summed E-state index contributed by atoms with van der Waals surface area (Å²) in [5.41, 5.74) is 1.42. The molecule has 2 atom stereocenters. The smallest absolute Gasteiger partial charge is 0.0175 e. The second-order valence-corrected chi connectivity index (χ2v) is 5.18. The Morgan fingerprint density at radius 1 is 1.27 bits per heavy atom. The van der Waals surface area contributed by atoms with Gasteiger partial charge in [-0.15, -0.1) is 0 Å². The van der Waals surface area contributed by atoms with Crippen molar-refractivity contribution in [3.05, 3.63) is 12.3 Å². The molecule has 0 spiro atoms. The van der Waals surface area contributed by atoms with Gasteiger partial charge in [-0.2, -0.15) is 0 Å². The largest absolute Gasteiger partial charge is 0.375 e. The van der Waals surface area contributed by atoms with E-state index >= 15 is 0 Å². The molecule has 2 aliphatic rings. The summed E-state index contributed by atoms with van der Waals surface area (Å²) in [4.78, 5) is 4.98. The summed E-state index contributed by atoms with van der Waals surface area (Å²) in [5, 5.41) is 0. The maximum absolute atomic E-state index is 4.35. The van der Waals surface area contributed by atoms with Crippen molar-refractivity contribution in [3.8, 4) is 0 Å². The molecule has 2 heterocycles. The van der Waals surface area contributed by atoms with Crippen LogP contribution in [0.1, 0.15) is 26.2 Å². The van der Waals surface area contributed by atoms with Crippen LogP contribution in [0.15, 0.2) is 12.3 Å².